The van der Waals surface area contributed by atoms with E-state index in [1.54, 1.807) is 0 Å². The molecule has 0 saturated carbocycles. The molecular formula is C7H11NO3S. The molecule has 1 aliphatic rings. The molecule has 0 aromatic carbocycles. The Hall–Kier alpha value is -0.710. The molecule has 1 rings (SSSR count). The number of nitrogens with one attached hydrogen (secondary N) is 1. The lowest BCUT2D eigenvalue weighted by atomic mass is 10.2. The lowest BCUT2D eigenvalue weighted by Crippen LogP contribution is -2.50. The first kappa shape index (κ1) is 9.38. The average molecular weight is 189 g/mol. The van der Waals surface area contributed by atoms with Crippen LogP contribution in [-0.4, -0.2) is 34.0 Å². The fourth-order valence-corrected chi connectivity index (χ4v) is 2.14. The molecule has 1 fully saturated rings. The summed E-state index contributed by atoms with van der Waals surface area (Å²) in [5.74, 6) is -0.633. The van der Waals surface area contributed by atoms with Gasteiger partial charge in [0.1, 0.15) is 6.04 Å². The monoisotopic (exact) mass is 189 g/mol. The van der Waals surface area contributed by atoms with Gasteiger partial charge in [-0.1, -0.05) is 6.92 Å². The van der Waals surface area contributed by atoms with E-state index in [2.05, 4.69) is 5.32 Å². The third-order valence-corrected chi connectivity index (χ3v) is 3.22. The highest BCUT2D eigenvalue weighted by Gasteiger charge is 2.30. The van der Waals surface area contributed by atoms with Gasteiger partial charge in [0, 0.05) is 5.75 Å². The molecular weight excluding hydrogens is 178 g/mol. The van der Waals surface area contributed by atoms with Gasteiger partial charge in [-0.3, -0.25) is 4.79 Å². The van der Waals surface area contributed by atoms with E-state index in [0.29, 0.717) is 5.75 Å². The van der Waals surface area contributed by atoms with Crippen LogP contribution < -0.4 is 5.32 Å². The van der Waals surface area contributed by atoms with Crippen LogP contribution in [0.4, 0.5) is 0 Å². The fraction of sp³-hybridized carbons (Fsp3) is 0.714. The predicted molar refractivity (Wildman–Crippen MR) is 46.1 cm³/mol. The van der Waals surface area contributed by atoms with Gasteiger partial charge in [0.2, 0.25) is 5.91 Å². The first-order valence-electron chi connectivity index (χ1n) is 3.80. The molecule has 1 heterocycles. The molecule has 2 N–H and O–H groups in total. The third-order valence-electron chi connectivity index (χ3n) is 1.74. The maximum atomic E-state index is 11.1. The summed E-state index contributed by atoms with van der Waals surface area (Å²) in [6.07, 6.45) is 0.753. The maximum Gasteiger partial charge on any atom is 0.327 e. The predicted octanol–water partition coefficient (Wildman–Crippen LogP) is 0.0812. The van der Waals surface area contributed by atoms with E-state index < -0.39 is 12.0 Å². The van der Waals surface area contributed by atoms with Crippen LogP contribution in [0.25, 0.3) is 0 Å². The molecule has 0 aromatic heterocycles. The molecule has 1 saturated heterocycles. The van der Waals surface area contributed by atoms with Gasteiger partial charge in [-0.2, -0.15) is 0 Å². The molecule has 0 unspecified atom stereocenters. The van der Waals surface area contributed by atoms with Gasteiger partial charge >= 0.3 is 5.97 Å². The summed E-state index contributed by atoms with van der Waals surface area (Å²) >= 11 is 1.41. The topological polar surface area (TPSA) is 66.4 Å². The van der Waals surface area contributed by atoms with Crippen LogP contribution in [0.3, 0.4) is 0 Å². The van der Waals surface area contributed by atoms with Crippen molar-refractivity contribution in [2.45, 2.75) is 24.6 Å². The normalized spacial score (nSPS) is 29.6. The Kier molecular flexibility index (Phi) is 2.97. The number of carboxylic acids is 1. The zero-order valence-electron chi connectivity index (χ0n) is 6.74. The second-order valence-corrected chi connectivity index (χ2v) is 3.87. The first-order valence-corrected chi connectivity index (χ1v) is 4.84. The summed E-state index contributed by atoms with van der Waals surface area (Å²) in [5, 5.41) is 11.0. The Morgan fingerprint density at radius 1 is 1.83 bits per heavy atom. The molecule has 68 valence electrons. The van der Waals surface area contributed by atoms with Gasteiger partial charge in [0.25, 0.3) is 0 Å². The largest absolute Gasteiger partial charge is 0.480 e. The second-order valence-electron chi connectivity index (χ2n) is 2.63. The highest BCUT2D eigenvalue weighted by molar-refractivity contribution is 8.00. The number of rotatable bonds is 2. The van der Waals surface area contributed by atoms with Crippen LogP contribution in [0, 0.1) is 0 Å². The standard InChI is InChI=1S/C7H11NO3S/c1-2-5-6(9)8-4(3-12-5)7(10)11/h4-5H,2-3H2,1H3,(H,8,9)(H,10,11)/t4-,5-/m0/s1. The van der Waals surface area contributed by atoms with E-state index in [-0.39, 0.29) is 11.2 Å². The highest BCUT2D eigenvalue weighted by atomic mass is 32.2. The van der Waals surface area contributed by atoms with E-state index >= 15 is 0 Å². The van der Waals surface area contributed by atoms with Crippen molar-refractivity contribution in [1.82, 2.24) is 5.32 Å². The van der Waals surface area contributed by atoms with Gasteiger partial charge in [-0.15, -0.1) is 11.8 Å². The van der Waals surface area contributed by atoms with Crippen LogP contribution >= 0.6 is 11.8 Å². The summed E-state index contributed by atoms with van der Waals surface area (Å²) in [7, 11) is 0. The molecule has 0 radical (unpaired) electrons. The Bertz CT molecular complexity index is 207. The van der Waals surface area contributed by atoms with Crippen molar-refractivity contribution in [3.63, 3.8) is 0 Å². The summed E-state index contributed by atoms with van der Waals surface area (Å²) in [6.45, 7) is 1.92. The van der Waals surface area contributed by atoms with Crippen LogP contribution in [0.1, 0.15) is 13.3 Å². The highest BCUT2D eigenvalue weighted by Crippen LogP contribution is 2.20. The van der Waals surface area contributed by atoms with E-state index in [4.69, 9.17) is 5.11 Å². The van der Waals surface area contributed by atoms with Crippen LogP contribution in [0.15, 0.2) is 0 Å². The quantitative estimate of drug-likeness (QED) is 0.645. The molecule has 2 atom stereocenters. The van der Waals surface area contributed by atoms with Crippen molar-refractivity contribution in [1.29, 1.82) is 0 Å². The molecule has 0 aromatic rings. The minimum absolute atomic E-state index is 0.0689. The van der Waals surface area contributed by atoms with Crippen LogP contribution in [0.5, 0.6) is 0 Å². The van der Waals surface area contributed by atoms with Crippen molar-refractivity contribution in [2.24, 2.45) is 0 Å². The molecule has 5 heteroatoms. The minimum atomic E-state index is -0.953. The maximum absolute atomic E-state index is 11.1. The number of thioether (sulfide) groups is 1. The van der Waals surface area contributed by atoms with E-state index in [9.17, 15) is 9.59 Å². The smallest absolute Gasteiger partial charge is 0.327 e. The van der Waals surface area contributed by atoms with Gasteiger partial charge in [-0.05, 0) is 6.42 Å². The lowest BCUT2D eigenvalue weighted by Gasteiger charge is -2.25. The van der Waals surface area contributed by atoms with Crippen molar-refractivity contribution in [3.05, 3.63) is 0 Å². The molecule has 1 aliphatic heterocycles. The van der Waals surface area contributed by atoms with Gasteiger partial charge in [0.15, 0.2) is 0 Å². The summed E-state index contributed by atoms with van der Waals surface area (Å²) in [4.78, 5) is 21.6. The SMILES string of the molecule is CC[C@@H]1SC[C@@H](C(=O)O)NC1=O. The number of carbonyl (C=O) groups excluding carboxylic acids is 1. The van der Waals surface area contributed by atoms with Crippen LogP contribution in [-0.2, 0) is 9.59 Å². The van der Waals surface area contributed by atoms with Gasteiger partial charge in [-0.25, -0.2) is 4.79 Å². The number of aliphatic carboxylic acids is 1. The Balaban J connectivity index is 2.52. The van der Waals surface area contributed by atoms with Crippen LogP contribution in [0.2, 0.25) is 0 Å². The Morgan fingerprint density at radius 2 is 2.50 bits per heavy atom. The van der Waals surface area contributed by atoms with E-state index in [0.717, 1.165) is 6.42 Å². The second kappa shape index (κ2) is 3.80. The molecule has 1 amide bonds. The number of carboxylic acid groups (broad SMARTS) is 1. The van der Waals surface area contributed by atoms with E-state index in [1.807, 2.05) is 6.92 Å². The summed E-state index contributed by atoms with van der Waals surface area (Å²) < 4.78 is 0. The zero-order chi connectivity index (χ0) is 9.14. The summed E-state index contributed by atoms with van der Waals surface area (Å²) in [6, 6.07) is -0.703. The number of hydrogen-bond donors (Lipinski definition) is 2. The molecule has 12 heavy (non-hydrogen) atoms. The van der Waals surface area contributed by atoms with Crippen molar-refractivity contribution < 1.29 is 14.7 Å². The van der Waals surface area contributed by atoms with Gasteiger partial charge < -0.3 is 10.4 Å². The molecule has 0 aliphatic carbocycles. The third kappa shape index (κ3) is 1.91. The van der Waals surface area contributed by atoms with Crippen molar-refractivity contribution in [2.75, 3.05) is 5.75 Å². The first-order chi connectivity index (χ1) is 5.65. The Morgan fingerprint density at radius 3 is 2.92 bits per heavy atom. The number of amides is 1. The number of hydrogen-bond acceptors (Lipinski definition) is 3. The fourth-order valence-electron chi connectivity index (χ4n) is 1.03. The molecule has 4 nitrogen and oxygen atoms in total. The zero-order valence-corrected chi connectivity index (χ0v) is 7.56. The minimum Gasteiger partial charge on any atom is -0.480 e. The lowest BCUT2D eigenvalue weighted by molar-refractivity contribution is -0.141. The Labute approximate surface area is 74.7 Å². The molecule has 0 spiro atoms. The van der Waals surface area contributed by atoms with Gasteiger partial charge in [0.05, 0.1) is 5.25 Å². The average Bonchev–Trinajstić information content (AvgIpc) is 2.04. The number of carbonyl (C=O) groups is 2. The summed E-state index contributed by atoms with van der Waals surface area (Å²) in [5.41, 5.74) is 0. The van der Waals surface area contributed by atoms with Crippen molar-refractivity contribution >= 4 is 23.6 Å². The van der Waals surface area contributed by atoms with Crippen molar-refractivity contribution in [3.8, 4) is 0 Å². The molecule has 0 bridgehead atoms. The van der Waals surface area contributed by atoms with E-state index in [1.165, 1.54) is 11.8 Å².